The van der Waals surface area contributed by atoms with E-state index in [1.54, 1.807) is 0 Å². The van der Waals surface area contributed by atoms with Gasteiger partial charge in [0.05, 0.1) is 10.6 Å². The molecular formula is C20H14Cl2F6N2O4S. The summed E-state index contributed by atoms with van der Waals surface area (Å²) in [4.78, 5) is 16.0. The second-order valence-corrected chi connectivity index (χ2v) is 10.3. The van der Waals surface area contributed by atoms with Crippen molar-refractivity contribution in [2.45, 2.75) is 29.3 Å². The molecule has 2 aromatic carbocycles. The Morgan fingerprint density at radius 3 is 2.11 bits per heavy atom. The number of sulfone groups is 1. The lowest BCUT2D eigenvalue weighted by Gasteiger charge is -2.29. The van der Waals surface area contributed by atoms with Crippen molar-refractivity contribution in [2.75, 3.05) is 12.3 Å². The average molecular weight is 563 g/mol. The number of benzene rings is 2. The van der Waals surface area contributed by atoms with Crippen LogP contribution in [0.15, 0.2) is 52.5 Å². The molecule has 3 rings (SSSR count). The topological polar surface area (TPSA) is 84.8 Å². The highest BCUT2D eigenvalue weighted by Crippen LogP contribution is 2.49. The number of nitrogens with zero attached hydrogens (tertiary/aromatic N) is 1. The maximum atomic E-state index is 14.1. The third-order valence-electron chi connectivity index (χ3n) is 4.87. The van der Waals surface area contributed by atoms with E-state index in [2.05, 4.69) is 5.16 Å². The molecule has 1 amide bonds. The Labute approximate surface area is 204 Å². The van der Waals surface area contributed by atoms with Gasteiger partial charge in [-0.05, 0) is 35.9 Å². The van der Waals surface area contributed by atoms with Crippen LogP contribution in [-0.4, -0.2) is 44.7 Å². The predicted octanol–water partition coefficient (Wildman–Crippen LogP) is 5.03. The van der Waals surface area contributed by atoms with Gasteiger partial charge in [-0.2, -0.15) is 26.3 Å². The van der Waals surface area contributed by atoms with Gasteiger partial charge in [-0.25, -0.2) is 8.42 Å². The Kier molecular flexibility index (Phi) is 7.36. The standard InChI is InChI=1S/C20H14Cl2F6N2O4S/c21-13-5-12(6-14(22)7-13)18(20(26,27)28)8-16(30-34-18)11-1-3-15(4-2-11)35(32,33)9-17(31)29-10-19(23,24)25/h1-7H,8-10H2,(H,29,31). The van der Waals surface area contributed by atoms with Crippen LogP contribution < -0.4 is 5.32 Å². The van der Waals surface area contributed by atoms with Crippen LogP contribution in [0.4, 0.5) is 26.3 Å². The summed E-state index contributed by atoms with van der Waals surface area (Å²) in [6, 6.07) is 7.59. The summed E-state index contributed by atoms with van der Waals surface area (Å²) in [5.74, 6) is -2.62. The molecule has 0 saturated carbocycles. The number of rotatable bonds is 6. The third kappa shape index (κ3) is 6.19. The zero-order valence-electron chi connectivity index (χ0n) is 17.2. The number of oxime groups is 1. The van der Waals surface area contributed by atoms with E-state index in [9.17, 15) is 39.6 Å². The molecule has 15 heteroatoms. The fourth-order valence-electron chi connectivity index (χ4n) is 3.21. The highest BCUT2D eigenvalue weighted by Gasteiger charge is 2.62. The lowest BCUT2D eigenvalue weighted by Crippen LogP contribution is -2.42. The van der Waals surface area contributed by atoms with E-state index in [1.807, 2.05) is 0 Å². The third-order valence-corrected chi connectivity index (χ3v) is 6.94. The first-order valence-electron chi connectivity index (χ1n) is 9.47. The fraction of sp³-hybridized carbons (Fsp3) is 0.300. The van der Waals surface area contributed by atoms with E-state index >= 15 is 0 Å². The number of carbonyl (C=O) groups is 1. The summed E-state index contributed by atoms with van der Waals surface area (Å²) in [5.41, 5.74) is -3.35. The largest absolute Gasteiger partial charge is 0.435 e. The first kappa shape index (κ1) is 27.1. The van der Waals surface area contributed by atoms with Gasteiger partial charge in [0.15, 0.2) is 9.84 Å². The van der Waals surface area contributed by atoms with Crippen LogP contribution in [0.3, 0.4) is 0 Å². The molecule has 0 aromatic heterocycles. The lowest BCUT2D eigenvalue weighted by atomic mass is 9.86. The van der Waals surface area contributed by atoms with Crippen LogP contribution in [0.5, 0.6) is 0 Å². The summed E-state index contributed by atoms with van der Waals surface area (Å²) in [7, 11) is -4.33. The maximum Gasteiger partial charge on any atom is 0.435 e. The number of nitrogens with one attached hydrogen (secondary N) is 1. The van der Waals surface area contributed by atoms with E-state index in [0.717, 1.165) is 36.4 Å². The molecule has 1 aliphatic rings. The molecule has 0 fully saturated rings. The average Bonchev–Trinajstić information content (AvgIpc) is 3.18. The summed E-state index contributed by atoms with van der Waals surface area (Å²) >= 11 is 11.7. The van der Waals surface area contributed by atoms with E-state index in [-0.39, 0.29) is 26.9 Å². The zero-order chi connectivity index (χ0) is 26.2. The fourth-order valence-corrected chi connectivity index (χ4v) is 4.90. The molecule has 1 atom stereocenters. The first-order chi connectivity index (χ1) is 16.0. The van der Waals surface area contributed by atoms with Crippen LogP contribution in [0.1, 0.15) is 17.5 Å². The molecule has 35 heavy (non-hydrogen) atoms. The van der Waals surface area contributed by atoms with Gasteiger partial charge in [-0.1, -0.05) is 40.5 Å². The molecule has 0 saturated heterocycles. The van der Waals surface area contributed by atoms with Crippen LogP contribution in [-0.2, 0) is 25.1 Å². The Morgan fingerprint density at radius 1 is 1.03 bits per heavy atom. The molecule has 0 spiro atoms. The van der Waals surface area contributed by atoms with Crippen LogP contribution in [0, 0.1) is 0 Å². The van der Waals surface area contributed by atoms with Gasteiger partial charge < -0.3 is 10.2 Å². The Balaban J connectivity index is 1.80. The first-order valence-corrected chi connectivity index (χ1v) is 11.9. The van der Waals surface area contributed by atoms with E-state index < -0.39 is 57.3 Å². The number of alkyl halides is 6. The molecule has 1 N–H and O–H groups in total. The molecule has 0 bridgehead atoms. The van der Waals surface area contributed by atoms with Gasteiger partial charge in [0.2, 0.25) is 5.91 Å². The number of hydrogen-bond acceptors (Lipinski definition) is 5. The minimum Gasteiger partial charge on any atom is -0.374 e. The SMILES string of the molecule is O=C(CS(=O)(=O)c1ccc(C2=NOC(c3cc(Cl)cc(Cl)c3)(C(F)(F)F)C2)cc1)NCC(F)(F)F. The minimum absolute atomic E-state index is 0.0537. The van der Waals surface area contributed by atoms with Crippen molar-refractivity contribution in [3.63, 3.8) is 0 Å². The van der Waals surface area contributed by atoms with Gasteiger partial charge in [0.25, 0.3) is 5.60 Å². The molecular weight excluding hydrogens is 549 g/mol. The quantitative estimate of drug-likeness (QED) is 0.500. The monoisotopic (exact) mass is 562 g/mol. The summed E-state index contributed by atoms with van der Waals surface area (Å²) in [6.07, 6.45) is -10.4. The van der Waals surface area contributed by atoms with Crippen molar-refractivity contribution < 1.29 is 44.4 Å². The van der Waals surface area contributed by atoms with Gasteiger partial charge in [0.1, 0.15) is 12.3 Å². The van der Waals surface area contributed by atoms with Crippen LogP contribution in [0.25, 0.3) is 0 Å². The molecule has 1 aliphatic heterocycles. The van der Waals surface area contributed by atoms with Crippen molar-refractivity contribution >= 4 is 44.7 Å². The van der Waals surface area contributed by atoms with Gasteiger partial charge in [0, 0.05) is 22.0 Å². The number of amides is 1. The molecule has 6 nitrogen and oxygen atoms in total. The highest BCUT2D eigenvalue weighted by molar-refractivity contribution is 7.92. The maximum absolute atomic E-state index is 14.1. The second-order valence-electron chi connectivity index (χ2n) is 7.46. The molecule has 1 heterocycles. The minimum atomic E-state index is -4.93. The Bertz CT molecular complexity index is 1240. The van der Waals surface area contributed by atoms with Gasteiger partial charge in [-0.15, -0.1) is 0 Å². The Morgan fingerprint density at radius 2 is 1.60 bits per heavy atom. The summed E-state index contributed by atoms with van der Waals surface area (Å²) in [6.45, 7) is -1.70. The van der Waals surface area contributed by atoms with Crippen molar-refractivity contribution in [1.29, 1.82) is 0 Å². The van der Waals surface area contributed by atoms with E-state index in [1.165, 1.54) is 11.4 Å². The number of halogens is 8. The highest BCUT2D eigenvalue weighted by atomic mass is 35.5. The summed E-state index contributed by atoms with van der Waals surface area (Å²) in [5, 5.41) is 4.88. The van der Waals surface area contributed by atoms with Crippen molar-refractivity contribution in [2.24, 2.45) is 5.16 Å². The summed E-state index contributed by atoms with van der Waals surface area (Å²) < 4.78 is 103. The zero-order valence-corrected chi connectivity index (χ0v) is 19.5. The van der Waals surface area contributed by atoms with Crippen LogP contribution in [0.2, 0.25) is 10.0 Å². The van der Waals surface area contributed by atoms with Gasteiger partial charge in [-0.3, -0.25) is 4.79 Å². The second kappa shape index (κ2) is 9.51. The lowest BCUT2D eigenvalue weighted by molar-refractivity contribution is -0.275. The molecule has 0 radical (unpaired) electrons. The van der Waals surface area contributed by atoms with Crippen LogP contribution >= 0.6 is 23.2 Å². The smallest absolute Gasteiger partial charge is 0.374 e. The van der Waals surface area contributed by atoms with Crippen molar-refractivity contribution in [1.82, 2.24) is 5.32 Å². The predicted molar refractivity (Wildman–Crippen MR) is 114 cm³/mol. The normalized spacial score (nSPS) is 18.7. The van der Waals surface area contributed by atoms with E-state index in [4.69, 9.17) is 28.0 Å². The van der Waals surface area contributed by atoms with E-state index in [0.29, 0.717) is 0 Å². The number of carbonyl (C=O) groups excluding carboxylic acids is 1. The number of hydrogen-bond donors (Lipinski definition) is 1. The molecule has 1 unspecified atom stereocenters. The van der Waals surface area contributed by atoms with Gasteiger partial charge >= 0.3 is 12.4 Å². The Hall–Kier alpha value is -2.51. The molecule has 190 valence electrons. The molecule has 0 aliphatic carbocycles. The van der Waals surface area contributed by atoms with Crippen molar-refractivity contribution in [3.8, 4) is 0 Å². The molecule has 2 aromatic rings. The van der Waals surface area contributed by atoms with Crippen molar-refractivity contribution in [3.05, 3.63) is 63.6 Å².